The molecule has 0 heterocycles. The number of rotatable bonds is 8. The molecule has 1 atom stereocenters. The van der Waals surface area contributed by atoms with Crippen LogP contribution in [-0.4, -0.2) is 37.7 Å². The lowest BCUT2D eigenvalue weighted by Gasteiger charge is -2.19. The van der Waals surface area contributed by atoms with Gasteiger partial charge < -0.3 is 9.47 Å². The van der Waals surface area contributed by atoms with Gasteiger partial charge in [-0.15, -0.1) is 0 Å². The van der Waals surface area contributed by atoms with E-state index in [-0.39, 0.29) is 23.7 Å². The van der Waals surface area contributed by atoms with E-state index >= 15 is 0 Å². The molecule has 9 heteroatoms. The van der Waals surface area contributed by atoms with E-state index in [2.05, 4.69) is 31.9 Å². The summed E-state index contributed by atoms with van der Waals surface area (Å²) in [5.74, 6) is -1.91. The van der Waals surface area contributed by atoms with Crippen LogP contribution in [0.1, 0.15) is 19.4 Å². The number of esters is 2. The molecule has 0 saturated heterocycles. The molecule has 0 aliphatic carbocycles. The van der Waals surface area contributed by atoms with Crippen LogP contribution in [-0.2, 0) is 28.9 Å². The highest BCUT2D eigenvalue weighted by molar-refractivity contribution is 9.11. The van der Waals surface area contributed by atoms with Gasteiger partial charge in [0.15, 0.2) is 15.4 Å². The topological polar surface area (TPSA) is 86.7 Å². The maximum atomic E-state index is 13.3. The van der Waals surface area contributed by atoms with Crippen LogP contribution < -0.4 is 0 Å². The molecule has 2 rings (SSSR count). The summed E-state index contributed by atoms with van der Waals surface area (Å²) in [7, 11) is -4.01. The van der Waals surface area contributed by atoms with Crippen LogP contribution in [0.25, 0.3) is 5.57 Å². The Morgan fingerprint density at radius 1 is 0.900 bits per heavy atom. The average molecular weight is 560 g/mol. The third-order valence-corrected chi connectivity index (χ3v) is 8.13. The fourth-order valence-electron chi connectivity index (χ4n) is 2.61. The minimum absolute atomic E-state index is 0.00768. The maximum Gasteiger partial charge on any atom is 0.345 e. The molecule has 0 aromatic heterocycles. The lowest BCUT2D eigenvalue weighted by Crippen LogP contribution is -2.26. The molecule has 2 aromatic carbocycles. The minimum Gasteiger partial charge on any atom is -0.462 e. The molecule has 0 amide bonds. The number of benzene rings is 2. The van der Waals surface area contributed by atoms with Crippen LogP contribution in [0.15, 0.2) is 69.5 Å². The van der Waals surface area contributed by atoms with Crippen molar-refractivity contribution in [3.8, 4) is 0 Å². The Labute approximate surface area is 192 Å². The van der Waals surface area contributed by atoms with E-state index in [1.54, 1.807) is 56.3 Å². The van der Waals surface area contributed by atoms with Crippen molar-refractivity contribution in [1.82, 2.24) is 0 Å². The van der Waals surface area contributed by atoms with Crippen molar-refractivity contribution in [2.75, 3.05) is 13.2 Å². The van der Waals surface area contributed by atoms with Crippen LogP contribution in [0.4, 0.5) is 0 Å². The first-order chi connectivity index (χ1) is 14.2. The van der Waals surface area contributed by atoms with Crippen LogP contribution in [0.3, 0.4) is 0 Å². The minimum atomic E-state index is -4.01. The van der Waals surface area contributed by atoms with E-state index in [1.807, 2.05) is 0 Å². The van der Waals surface area contributed by atoms with E-state index in [9.17, 15) is 18.0 Å². The highest BCUT2D eigenvalue weighted by atomic mass is 79.9. The molecule has 0 aliphatic rings. The Hall–Kier alpha value is -1.97. The molecule has 0 spiro atoms. The Kier molecular flexibility index (Phi) is 8.81. The van der Waals surface area contributed by atoms with Crippen molar-refractivity contribution >= 4 is 59.2 Å². The number of ether oxygens (including phenoxy) is 2. The second-order valence-corrected chi connectivity index (χ2v) is 10.4. The SMILES string of the molecule is CCOC(=O)C(C(=O)OCC)=C(c1ccc(Br)cc1)C(Br)S(=O)(=O)c1ccccc1. The fraction of sp³-hybridized carbons (Fsp3) is 0.238. The molecule has 30 heavy (non-hydrogen) atoms. The molecule has 0 N–H and O–H groups in total. The molecule has 0 saturated carbocycles. The van der Waals surface area contributed by atoms with Crippen LogP contribution >= 0.6 is 31.9 Å². The Balaban J connectivity index is 2.80. The Morgan fingerprint density at radius 3 is 1.87 bits per heavy atom. The van der Waals surface area contributed by atoms with Gasteiger partial charge in [0.1, 0.15) is 4.16 Å². The number of halogens is 2. The Morgan fingerprint density at radius 2 is 1.40 bits per heavy atom. The predicted octanol–water partition coefficient (Wildman–Crippen LogP) is 4.52. The quantitative estimate of drug-likeness (QED) is 0.155. The zero-order chi connectivity index (χ0) is 22.3. The standard InChI is InChI=1S/C21H20Br2O6S/c1-3-28-20(24)18(21(25)29-4-2)17(14-10-12-15(22)13-11-14)19(23)30(26,27)16-8-6-5-7-9-16/h5-13,19H,3-4H2,1-2H3. The van der Waals surface area contributed by atoms with E-state index < -0.39 is 31.5 Å². The van der Waals surface area contributed by atoms with Gasteiger partial charge in [-0.05, 0) is 43.7 Å². The van der Waals surface area contributed by atoms with Crippen molar-refractivity contribution in [3.63, 3.8) is 0 Å². The van der Waals surface area contributed by atoms with E-state index in [4.69, 9.17) is 9.47 Å². The summed E-state index contributed by atoms with van der Waals surface area (Å²) < 4.78 is 36.0. The summed E-state index contributed by atoms with van der Waals surface area (Å²) in [6.07, 6.45) is 0. The van der Waals surface area contributed by atoms with Gasteiger partial charge in [-0.2, -0.15) is 0 Å². The molecule has 0 fully saturated rings. The van der Waals surface area contributed by atoms with E-state index in [0.717, 1.165) is 4.47 Å². The van der Waals surface area contributed by atoms with Gasteiger partial charge in [0, 0.05) is 10.0 Å². The number of alkyl halides is 1. The van der Waals surface area contributed by atoms with Crippen molar-refractivity contribution in [3.05, 3.63) is 70.2 Å². The lowest BCUT2D eigenvalue weighted by molar-refractivity contribution is -0.146. The summed E-state index contributed by atoms with van der Waals surface area (Å²) in [6.45, 7) is 3.19. The zero-order valence-electron chi connectivity index (χ0n) is 16.3. The summed E-state index contributed by atoms with van der Waals surface area (Å²) >= 11 is 6.55. The second-order valence-electron chi connectivity index (χ2n) is 5.91. The van der Waals surface area contributed by atoms with Gasteiger partial charge in [0.25, 0.3) is 0 Å². The third-order valence-electron chi connectivity index (χ3n) is 3.95. The molecular formula is C21H20Br2O6S. The van der Waals surface area contributed by atoms with Crippen LogP contribution in [0.2, 0.25) is 0 Å². The van der Waals surface area contributed by atoms with E-state index in [1.165, 1.54) is 12.1 Å². The largest absolute Gasteiger partial charge is 0.462 e. The number of sulfone groups is 1. The highest BCUT2D eigenvalue weighted by Crippen LogP contribution is 2.36. The molecule has 6 nitrogen and oxygen atoms in total. The molecule has 2 aromatic rings. The molecular weight excluding hydrogens is 540 g/mol. The van der Waals surface area contributed by atoms with Gasteiger partial charge in [-0.25, -0.2) is 18.0 Å². The second kappa shape index (κ2) is 10.9. The van der Waals surface area contributed by atoms with E-state index in [0.29, 0.717) is 5.56 Å². The van der Waals surface area contributed by atoms with Crippen molar-refractivity contribution in [2.24, 2.45) is 0 Å². The average Bonchev–Trinajstić information content (AvgIpc) is 2.73. The summed E-state index contributed by atoms with van der Waals surface area (Å²) in [5.41, 5.74) is -0.165. The van der Waals surface area contributed by atoms with Crippen molar-refractivity contribution in [1.29, 1.82) is 0 Å². The number of hydrogen-bond donors (Lipinski definition) is 0. The van der Waals surface area contributed by atoms with Crippen LogP contribution in [0.5, 0.6) is 0 Å². The molecule has 0 bridgehead atoms. The summed E-state index contributed by atoms with van der Waals surface area (Å²) in [4.78, 5) is 25.4. The van der Waals surface area contributed by atoms with Gasteiger partial charge >= 0.3 is 11.9 Å². The first kappa shape index (κ1) is 24.3. The molecule has 0 aliphatic heterocycles. The van der Waals surface area contributed by atoms with Crippen molar-refractivity contribution < 1.29 is 27.5 Å². The molecule has 160 valence electrons. The predicted molar refractivity (Wildman–Crippen MR) is 121 cm³/mol. The number of hydrogen-bond acceptors (Lipinski definition) is 6. The van der Waals surface area contributed by atoms with Gasteiger partial charge in [0.05, 0.1) is 18.1 Å². The summed E-state index contributed by atoms with van der Waals surface area (Å²) in [6, 6.07) is 14.3. The lowest BCUT2D eigenvalue weighted by atomic mass is 10.0. The molecule has 1 unspecified atom stereocenters. The smallest absolute Gasteiger partial charge is 0.345 e. The zero-order valence-corrected chi connectivity index (χ0v) is 20.3. The van der Waals surface area contributed by atoms with Crippen molar-refractivity contribution in [2.45, 2.75) is 22.9 Å². The third kappa shape index (κ3) is 5.59. The first-order valence-electron chi connectivity index (χ1n) is 9.01. The van der Waals surface area contributed by atoms with Gasteiger partial charge in [-0.1, -0.05) is 62.2 Å². The Bertz CT molecular complexity index is 1010. The molecule has 0 radical (unpaired) electrons. The summed E-state index contributed by atoms with van der Waals surface area (Å²) in [5, 5.41) is 0. The maximum absolute atomic E-state index is 13.3. The number of carbonyl (C=O) groups is 2. The van der Waals surface area contributed by atoms with Crippen LogP contribution in [0, 0.1) is 0 Å². The normalized spacial score (nSPS) is 12.0. The highest BCUT2D eigenvalue weighted by Gasteiger charge is 2.36. The first-order valence-corrected chi connectivity index (χ1v) is 12.3. The fourth-order valence-corrected chi connectivity index (χ4v) is 5.36. The number of carbonyl (C=O) groups excluding carboxylic acids is 2. The van der Waals surface area contributed by atoms with Gasteiger partial charge in [-0.3, -0.25) is 0 Å². The van der Waals surface area contributed by atoms with Gasteiger partial charge in [0.2, 0.25) is 0 Å². The monoisotopic (exact) mass is 558 g/mol.